The van der Waals surface area contributed by atoms with Gasteiger partial charge >= 0.3 is 0 Å². The van der Waals surface area contributed by atoms with Gasteiger partial charge in [-0.05, 0) is 25.0 Å². The Labute approximate surface area is 102 Å². The Balaban J connectivity index is 1.69. The summed E-state index contributed by atoms with van der Waals surface area (Å²) in [6.45, 7) is 2.45. The molecule has 1 aliphatic carbocycles. The predicted molar refractivity (Wildman–Crippen MR) is 68.8 cm³/mol. The zero-order chi connectivity index (χ0) is 11.2. The van der Waals surface area contributed by atoms with E-state index >= 15 is 0 Å². The van der Waals surface area contributed by atoms with Gasteiger partial charge in [0, 0.05) is 24.9 Å². The molecule has 0 aromatic heterocycles. The van der Waals surface area contributed by atoms with Crippen LogP contribution in [0, 0.1) is 0 Å². The number of amides is 1. The maximum atomic E-state index is 12.0. The molecule has 1 amide bonds. The summed E-state index contributed by atoms with van der Waals surface area (Å²) in [5.41, 5.74) is 0. The minimum absolute atomic E-state index is 0.300. The lowest BCUT2D eigenvalue weighted by atomic mass is 10.2. The lowest BCUT2D eigenvalue weighted by Crippen LogP contribution is -2.41. The van der Waals surface area contributed by atoms with Gasteiger partial charge in [-0.1, -0.05) is 12.8 Å². The average molecular weight is 242 g/mol. The van der Waals surface area contributed by atoms with E-state index in [0.29, 0.717) is 18.5 Å². The molecule has 3 nitrogen and oxygen atoms in total. The van der Waals surface area contributed by atoms with E-state index in [9.17, 15) is 4.79 Å². The van der Waals surface area contributed by atoms with E-state index in [1.807, 2.05) is 16.7 Å². The summed E-state index contributed by atoms with van der Waals surface area (Å²) in [6.07, 6.45) is 6.31. The fourth-order valence-electron chi connectivity index (χ4n) is 2.47. The molecule has 0 bridgehead atoms. The molecule has 92 valence electrons. The van der Waals surface area contributed by atoms with E-state index in [2.05, 4.69) is 5.32 Å². The van der Waals surface area contributed by atoms with E-state index < -0.39 is 0 Å². The van der Waals surface area contributed by atoms with Gasteiger partial charge in [0.15, 0.2) is 0 Å². The second-order valence-electron chi connectivity index (χ2n) is 4.71. The van der Waals surface area contributed by atoms with Crippen molar-refractivity contribution in [2.45, 2.75) is 38.1 Å². The second kappa shape index (κ2) is 6.50. The molecule has 0 aromatic rings. The lowest BCUT2D eigenvalue weighted by Gasteiger charge is -2.21. The molecule has 2 aliphatic rings. The largest absolute Gasteiger partial charge is 0.341 e. The first kappa shape index (κ1) is 12.2. The van der Waals surface area contributed by atoms with E-state index in [4.69, 9.17) is 0 Å². The van der Waals surface area contributed by atoms with Crippen molar-refractivity contribution in [1.82, 2.24) is 10.2 Å². The van der Waals surface area contributed by atoms with Gasteiger partial charge in [0.05, 0.1) is 6.54 Å². The zero-order valence-corrected chi connectivity index (χ0v) is 10.7. The number of rotatable bonds is 3. The third kappa shape index (κ3) is 3.67. The van der Waals surface area contributed by atoms with Crippen LogP contribution >= 0.6 is 11.8 Å². The predicted octanol–water partition coefficient (Wildman–Crippen LogP) is 1.48. The highest BCUT2D eigenvalue weighted by Crippen LogP contribution is 2.17. The summed E-state index contributed by atoms with van der Waals surface area (Å²) in [7, 11) is 0. The molecule has 16 heavy (non-hydrogen) atoms. The molecule has 1 saturated heterocycles. The molecule has 1 heterocycles. The van der Waals surface area contributed by atoms with Crippen molar-refractivity contribution in [2.75, 3.05) is 31.1 Å². The minimum atomic E-state index is 0.300. The van der Waals surface area contributed by atoms with Crippen molar-refractivity contribution >= 4 is 17.7 Å². The fourth-order valence-corrected chi connectivity index (χ4v) is 3.36. The topological polar surface area (TPSA) is 32.3 Å². The van der Waals surface area contributed by atoms with Crippen molar-refractivity contribution in [1.29, 1.82) is 0 Å². The summed E-state index contributed by atoms with van der Waals surface area (Å²) in [6, 6.07) is 0.602. The number of nitrogens with one attached hydrogen (secondary N) is 1. The number of thioether (sulfide) groups is 1. The lowest BCUT2D eigenvalue weighted by molar-refractivity contribution is -0.130. The molecule has 0 radical (unpaired) electrons. The third-order valence-electron chi connectivity index (χ3n) is 3.47. The van der Waals surface area contributed by atoms with Crippen LogP contribution in [0.3, 0.4) is 0 Å². The van der Waals surface area contributed by atoms with Gasteiger partial charge in [0.25, 0.3) is 0 Å². The van der Waals surface area contributed by atoms with Crippen molar-refractivity contribution in [2.24, 2.45) is 0 Å². The van der Waals surface area contributed by atoms with Crippen LogP contribution in [0.25, 0.3) is 0 Å². The van der Waals surface area contributed by atoms with Gasteiger partial charge < -0.3 is 10.2 Å². The van der Waals surface area contributed by atoms with Crippen molar-refractivity contribution in [3.63, 3.8) is 0 Å². The molecule has 0 aromatic carbocycles. The molecule has 0 spiro atoms. The normalized spacial score (nSPS) is 23.4. The quantitative estimate of drug-likeness (QED) is 0.814. The fraction of sp³-hybridized carbons (Fsp3) is 0.917. The summed E-state index contributed by atoms with van der Waals surface area (Å²) in [5, 5.41) is 3.40. The smallest absolute Gasteiger partial charge is 0.236 e. The Kier molecular flexibility index (Phi) is 4.97. The van der Waals surface area contributed by atoms with Gasteiger partial charge in [0.2, 0.25) is 5.91 Å². The molecule has 0 atom stereocenters. The number of carbonyl (C=O) groups is 1. The highest BCUT2D eigenvalue weighted by molar-refractivity contribution is 7.99. The first-order valence-electron chi connectivity index (χ1n) is 6.45. The van der Waals surface area contributed by atoms with E-state index in [1.54, 1.807) is 0 Å². The number of hydrogen-bond donors (Lipinski definition) is 1. The SMILES string of the molecule is O=C(CNC1CCCC1)N1CCCSCC1. The first-order chi connectivity index (χ1) is 7.86. The van der Waals surface area contributed by atoms with E-state index in [-0.39, 0.29) is 0 Å². The van der Waals surface area contributed by atoms with Crippen molar-refractivity contribution in [3.05, 3.63) is 0 Å². The summed E-state index contributed by atoms with van der Waals surface area (Å²) in [4.78, 5) is 14.0. The molecule has 0 unspecified atom stereocenters. The van der Waals surface area contributed by atoms with Crippen LogP contribution in [0.15, 0.2) is 0 Å². The van der Waals surface area contributed by atoms with Gasteiger partial charge in [-0.3, -0.25) is 4.79 Å². The Morgan fingerprint density at radius 2 is 2.00 bits per heavy atom. The molecule has 2 fully saturated rings. The molecular weight excluding hydrogens is 220 g/mol. The van der Waals surface area contributed by atoms with Crippen LogP contribution < -0.4 is 5.32 Å². The Hall–Kier alpha value is -0.220. The summed E-state index contributed by atoms with van der Waals surface area (Å²) >= 11 is 1.97. The van der Waals surface area contributed by atoms with Crippen LogP contribution in [0.4, 0.5) is 0 Å². The molecule has 4 heteroatoms. The number of nitrogens with zero attached hydrogens (tertiary/aromatic N) is 1. The van der Waals surface area contributed by atoms with Crippen LogP contribution in [0.2, 0.25) is 0 Å². The average Bonchev–Trinajstić information content (AvgIpc) is 2.66. The summed E-state index contributed by atoms with van der Waals surface area (Å²) in [5.74, 6) is 2.61. The maximum absolute atomic E-state index is 12.0. The minimum Gasteiger partial charge on any atom is -0.341 e. The van der Waals surface area contributed by atoms with Crippen LogP contribution in [0.1, 0.15) is 32.1 Å². The first-order valence-corrected chi connectivity index (χ1v) is 7.60. The molecular formula is C12H22N2OS. The van der Waals surface area contributed by atoms with Crippen LogP contribution in [-0.2, 0) is 4.79 Å². The number of carbonyl (C=O) groups excluding carboxylic acids is 1. The number of hydrogen-bond acceptors (Lipinski definition) is 3. The molecule has 1 N–H and O–H groups in total. The molecule has 1 aliphatic heterocycles. The van der Waals surface area contributed by atoms with Gasteiger partial charge in [0.1, 0.15) is 0 Å². The second-order valence-corrected chi connectivity index (χ2v) is 5.93. The Morgan fingerprint density at radius 3 is 2.81 bits per heavy atom. The van der Waals surface area contributed by atoms with Gasteiger partial charge in [-0.15, -0.1) is 0 Å². The van der Waals surface area contributed by atoms with Crippen molar-refractivity contribution < 1.29 is 4.79 Å². The van der Waals surface area contributed by atoms with Crippen LogP contribution in [-0.4, -0.2) is 48.0 Å². The van der Waals surface area contributed by atoms with E-state index in [1.165, 1.54) is 31.4 Å². The summed E-state index contributed by atoms with van der Waals surface area (Å²) < 4.78 is 0. The van der Waals surface area contributed by atoms with Crippen molar-refractivity contribution in [3.8, 4) is 0 Å². The Bertz CT molecular complexity index is 221. The maximum Gasteiger partial charge on any atom is 0.236 e. The third-order valence-corrected chi connectivity index (χ3v) is 4.52. The van der Waals surface area contributed by atoms with Gasteiger partial charge in [-0.2, -0.15) is 11.8 Å². The van der Waals surface area contributed by atoms with Gasteiger partial charge in [-0.25, -0.2) is 0 Å². The Morgan fingerprint density at radius 1 is 1.19 bits per heavy atom. The highest BCUT2D eigenvalue weighted by atomic mass is 32.2. The monoisotopic (exact) mass is 242 g/mol. The molecule has 1 saturated carbocycles. The standard InChI is InChI=1S/C12H22N2OS/c15-12(10-13-11-4-1-2-5-11)14-6-3-8-16-9-7-14/h11,13H,1-10H2. The molecule has 2 rings (SSSR count). The highest BCUT2D eigenvalue weighted by Gasteiger charge is 2.18. The van der Waals surface area contributed by atoms with E-state index in [0.717, 1.165) is 25.3 Å². The van der Waals surface area contributed by atoms with Crippen LogP contribution in [0.5, 0.6) is 0 Å². The zero-order valence-electron chi connectivity index (χ0n) is 9.91.